The molecule has 72 valence electrons. The summed E-state index contributed by atoms with van der Waals surface area (Å²) >= 11 is 3.28. The van der Waals surface area contributed by atoms with Gasteiger partial charge in [0.15, 0.2) is 0 Å². The van der Waals surface area contributed by atoms with Crippen molar-refractivity contribution >= 4 is 15.9 Å². The van der Waals surface area contributed by atoms with E-state index in [0.717, 1.165) is 10.0 Å². The number of hydrogen-bond acceptors (Lipinski definition) is 3. The first-order valence-electron chi connectivity index (χ1n) is 3.93. The first kappa shape index (κ1) is 10.5. The zero-order valence-electron chi connectivity index (χ0n) is 7.29. The molecule has 0 saturated carbocycles. The second-order valence-corrected chi connectivity index (χ2v) is 3.83. The van der Waals surface area contributed by atoms with Crippen LogP contribution in [-0.2, 0) is 0 Å². The van der Waals surface area contributed by atoms with Crippen LogP contribution in [-0.4, -0.2) is 16.8 Å². The normalized spacial score (nSPS) is 12.9. The smallest absolute Gasteiger partial charge is 0.124 e. The van der Waals surface area contributed by atoms with Gasteiger partial charge in [-0.05, 0) is 24.6 Å². The molecule has 1 aromatic rings. The fraction of sp³-hybridized carbons (Fsp3) is 0.333. The highest BCUT2D eigenvalue weighted by Crippen LogP contribution is 2.30. The monoisotopic (exact) mass is 245 g/mol. The molecule has 1 rings (SSSR count). The Morgan fingerprint density at radius 1 is 1.54 bits per heavy atom. The molecule has 3 nitrogen and oxygen atoms in total. The Bertz CT molecular complexity index is 315. The van der Waals surface area contributed by atoms with E-state index in [1.807, 2.05) is 0 Å². The number of rotatable bonds is 2. The molecule has 0 heterocycles. The van der Waals surface area contributed by atoms with E-state index >= 15 is 0 Å². The van der Waals surface area contributed by atoms with Gasteiger partial charge in [-0.1, -0.05) is 15.9 Å². The summed E-state index contributed by atoms with van der Waals surface area (Å²) in [6, 6.07) is 3.45. The van der Waals surface area contributed by atoms with Gasteiger partial charge in [0.2, 0.25) is 0 Å². The maximum atomic E-state index is 9.59. The molecule has 1 aromatic carbocycles. The van der Waals surface area contributed by atoms with Crippen molar-refractivity contribution < 1.29 is 10.2 Å². The molecule has 0 aliphatic carbocycles. The van der Waals surface area contributed by atoms with Crippen LogP contribution in [0.15, 0.2) is 16.6 Å². The quantitative estimate of drug-likeness (QED) is 0.739. The van der Waals surface area contributed by atoms with Crippen LogP contribution in [0.4, 0.5) is 0 Å². The van der Waals surface area contributed by atoms with Crippen LogP contribution < -0.4 is 5.73 Å². The van der Waals surface area contributed by atoms with Crippen molar-refractivity contribution in [3.63, 3.8) is 0 Å². The van der Waals surface area contributed by atoms with E-state index in [-0.39, 0.29) is 12.3 Å². The van der Waals surface area contributed by atoms with E-state index in [9.17, 15) is 10.2 Å². The highest BCUT2D eigenvalue weighted by Gasteiger charge is 2.12. The molecule has 13 heavy (non-hydrogen) atoms. The van der Waals surface area contributed by atoms with Gasteiger partial charge in [0.05, 0.1) is 6.10 Å². The SMILES string of the molecule is Cc1cc(Br)cc(C(O)CN)c1O. The first-order valence-corrected chi connectivity index (χ1v) is 4.72. The van der Waals surface area contributed by atoms with Crippen LogP contribution in [0.3, 0.4) is 0 Å². The van der Waals surface area contributed by atoms with Gasteiger partial charge < -0.3 is 15.9 Å². The lowest BCUT2D eigenvalue weighted by molar-refractivity contribution is 0.182. The van der Waals surface area contributed by atoms with Gasteiger partial charge in [0.1, 0.15) is 5.75 Å². The van der Waals surface area contributed by atoms with E-state index in [0.29, 0.717) is 5.56 Å². The largest absolute Gasteiger partial charge is 0.507 e. The van der Waals surface area contributed by atoms with Gasteiger partial charge in [-0.3, -0.25) is 0 Å². The van der Waals surface area contributed by atoms with Gasteiger partial charge in [-0.15, -0.1) is 0 Å². The second kappa shape index (κ2) is 4.09. The Balaban J connectivity index is 3.20. The Labute approximate surface area is 85.3 Å². The molecule has 0 bridgehead atoms. The summed E-state index contributed by atoms with van der Waals surface area (Å²) in [7, 11) is 0. The van der Waals surface area contributed by atoms with Gasteiger partial charge >= 0.3 is 0 Å². The summed E-state index contributed by atoms with van der Waals surface area (Å²) in [6.45, 7) is 1.87. The van der Waals surface area contributed by atoms with E-state index in [1.165, 1.54) is 0 Å². The van der Waals surface area contributed by atoms with Crippen LogP contribution in [0, 0.1) is 6.92 Å². The van der Waals surface area contributed by atoms with Crippen molar-refractivity contribution in [3.8, 4) is 5.75 Å². The average Bonchev–Trinajstić information content (AvgIpc) is 2.10. The average molecular weight is 246 g/mol. The lowest BCUT2D eigenvalue weighted by Gasteiger charge is -2.12. The van der Waals surface area contributed by atoms with E-state index in [2.05, 4.69) is 15.9 Å². The fourth-order valence-electron chi connectivity index (χ4n) is 1.14. The predicted octanol–water partition coefficient (Wildman–Crippen LogP) is 1.46. The molecule has 4 heteroatoms. The van der Waals surface area contributed by atoms with E-state index < -0.39 is 6.10 Å². The maximum Gasteiger partial charge on any atom is 0.124 e. The zero-order chi connectivity index (χ0) is 10.0. The lowest BCUT2D eigenvalue weighted by Crippen LogP contribution is -2.11. The number of aliphatic hydroxyl groups is 1. The molecule has 0 radical (unpaired) electrons. The number of aromatic hydroxyl groups is 1. The zero-order valence-corrected chi connectivity index (χ0v) is 8.87. The number of aliphatic hydroxyl groups excluding tert-OH is 1. The molecular weight excluding hydrogens is 234 g/mol. The summed E-state index contributed by atoms with van der Waals surface area (Å²) in [5, 5.41) is 19.0. The Hall–Kier alpha value is -0.580. The third kappa shape index (κ3) is 2.21. The molecule has 0 amide bonds. The lowest BCUT2D eigenvalue weighted by atomic mass is 10.1. The molecular formula is C9H12BrNO2. The molecule has 0 aliphatic rings. The predicted molar refractivity (Wildman–Crippen MR) is 54.6 cm³/mol. The van der Waals surface area contributed by atoms with Gasteiger partial charge in [-0.2, -0.15) is 0 Å². The van der Waals surface area contributed by atoms with Crippen molar-refractivity contribution in [3.05, 3.63) is 27.7 Å². The summed E-state index contributed by atoms with van der Waals surface area (Å²) in [6.07, 6.45) is -0.809. The van der Waals surface area contributed by atoms with Crippen molar-refractivity contribution in [1.29, 1.82) is 0 Å². The highest BCUT2D eigenvalue weighted by atomic mass is 79.9. The Morgan fingerprint density at radius 3 is 2.69 bits per heavy atom. The van der Waals surface area contributed by atoms with Gasteiger partial charge in [-0.25, -0.2) is 0 Å². The van der Waals surface area contributed by atoms with Crippen LogP contribution in [0.1, 0.15) is 17.2 Å². The number of aryl methyl sites for hydroxylation is 1. The van der Waals surface area contributed by atoms with E-state index in [1.54, 1.807) is 19.1 Å². The number of halogens is 1. The standard InChI is InChI=1S/C9H12BrNO2/c1-5-2-6(10)3-7(9(5)13)8(12)4-11/h2-3,8,12-13H,4,11H2,1H3. The topological polar surface area (TPSA) is 66.5 Å². The second-order valence-electron chi connectivity index (χ2n) is 2.91. The molecule has 0 aliphatic heterocycles. The minimum absolute atomic E-state index is 0.101. The minimum Gasteiger partial charge on any atom is -0.507 e. The molecule has 4 N–H and O–H groups in total. The summed E-state index contributed by atoms with van der Waals surface area (Å²) in [5.74, 6) is 0.112. The third-order valence-electron chi connectivity index (χ3n) is 1.88. The Morgan fingerprint density at radius 2 is 2.15 bits per heavy atom. The van der Waals surface area contributed by atoms with Crippen LogP contribution in [0.5, 0.6) is 5.75 Å². The summed E-state index contributed by atoms with van der Waals surface area (Å²) in [5.41, 5.74) is 6.48. The molecule has 1 atom stereocenters. The van der Waals surface area contributed by atoms with Gasteiger partial charge in [0.25, 0.3) is 0 Å². The number of hydrogen-bond donors (Lipinski definition) is 3. The highest BCUT2D eigenvalue weighted by molar-refractivity contribution is 9.10. The summed E-state index contributed by atoms with van der Waals surface area (Å²) < 4.78 is 0.824. The summed E-state index contributed by atoms with van der Waals surface area (Å²) in [4.78, 5) is 0. The molecule has 0 aromatic heterocycles. The number of phenolic OH excluding ortho intramolecular Hbond substituents is 1. The van der Waals surface area contributed by atoms with Crippen molar-refractivity contribution in [1.82, 2.24) is 0 Å². The fourth-order valence-corrected chi connectivity index (χ4v) is 1.73. The van der Waals surface area contributed by atoms with Gasteiger partial charge in [0, 0.05) is 16.6 Å². The molecule has 0 spiro atoms. The third-order valence-corrected chi connectivity index (χ3v) is 2.33. The van der Waals surface area contributed by atoms with Crippen LogP contribution >= 0.6 is 15.9 Å². The first-order chi connectivity index (χ1) is 6.06. The molecule has 0 saturated heterocycles. The number of phenols is 1. The van der Waals surface area contributed by atoms with Crippen LogP contribution in [0.25, 0.3) is 0 Å². The minimum atomic E-state index is -0.809. The van der Waals surface area contributed by atoms with Crippen molar-refractivity contribution in [2.75, 3.05) is 6.54 Å². The van der Waals surface area contributed by atoms with Crippen molar-refractivity contribution in [2.24, 2.45) is 5.73 Å². The van der Waals surface area contributed by atoms with Crippen molar-refractivity contribution in [2.45, 2.75) is 13.0 Å². The molecule has 1 unspecified atom stereocenters. The number of benzene rings is 1. The van der Waals surface area contributed by atoms with Crippen LogP contribution in [0.2, 0.25) is 0 Å². The molecule has 0 fully saturated rings. The van der Waals surface area contributed by atoms with E-state index in [4.69, 9.17) is 5.73 Å². The maximum absolute atomic E-state index is 9.59. The number of nitrogens with two attached hydrogens (primary N) is 1. The Kier molecular flexibility index (Phi) is 3.30.